The Morgan fingerprint density at radius 3 is 2.42 bits per heavy atom. The van der Waals surface area contributed by atoms with Crippen LogP contribution in [0, 0.1) is 20.8 Å². The number of rotatable bonds is 3. The Morgan fingerprint density at radius 1 is 0.968 bits per heavy atom. The number of carbonyl (C=O) groups excluding carboxylic acids is 2. The van der Waals surface area contributed by atoms with E-state index in [1.807, 2.05) is 55.1 Å². The van der Waals surface area contributed by atoms with Gasteiger partial charge in [0.2, 0.25) is 5.89 Å². The van der Waals surface area contributed by atoms with Crippen molar-refractivity contribution < 1.29 is 14.1 Å². The number of hydrogen-bond acceptors (Lipinski definition) is 5. The summed E-state index contributed by atoms with van der Waals surface area (Å²) < 4.78 is 5.43. The maximum absolute atomic E-state index is 13.3. The fraction of sp³-hybridized carbons (Fsp3) is 0.333. The van der Waals surface area contributed by atoms with Crippen LogP contribution in [0.5, 0.6) is 0 Å². The standard InChI is InChI=1S/C24H26N4O3/c1-16-9-10-20(17(2)15-16)24(30)27-12-11-21(22-25-18(3)26-31-22)28(14-13-27)23(29)19-7-5-4-6-8-19/h4-10,15,21H,11-14H2,1-3H3. The van der Waals surface area contributed by atoms with Crippen LogP contribution in [0.3, 0.4) is 0 Å². The summed E-state index contributed by atoms with van der Waals surface area (Å²) in [7, 11) is 0. The molecule has 7 heteroatoms. The van der Waals surface area contributed by atoms with Crippen molar-refractivity contribution >= 4 is 11.8 Å². The second-order valence-corrected chi connectivity index (χ2v) is 7.96. The zero-order valence-electron chi connectivity index (χ0n) is 18.0. The first kappa shape index (κ1) is 20.8. The van der Waals surface area contributed by atoms with Gasteiger partial charge in [-0.15, -0.1) is 0 Å². The molecule has 2 heterocycles. The zero-order chi connectivity index (χ0) is 22.0. The van der Waals surface area contributed by atoms with Crippen molar-refractivity contribution in [3.8, 4) is 0 Å². The molecule has 0 bridgehead atoms. The van der Waals surface area contributed by atoms with Gasteiger partial charge in [0.1, 0.15) is 6.04 Å². The van der Waals surface area contributed by atoms with E-state index in [0.717, 1.165) is 11.1 Å². The molecule has 0 aliphatic carbocycles. The van der Waals surface area contributed by atoms with Crippen LogP contribution in [0.2, 0.25) is 0 Å². The first-order valence-corrected chi connectivity index (χ1v) is 10.5. The minimum atomic E-state index is -0.383. The average Bonchev–Trinajstić information content (AvgIpc) is 3.07. The second kappa shape index (κ2) is 8.71. The largest absolute Gasteiger partial charge is 0.337 e. The quantitative estimate of drug-likeness (QED) is 0.648. The number of benzene rings is 2. The summed E-state index contributed by atoms with van der Waals surface area (Å²) in [6, 6.07) is 14.6. The number of aryl methyl sites for hydroxylation is 3. The highest BCUT2D eigenvalue weighted by molar-refractivity contribution is 5.96. The number of aromatic nitrogens is 2. The van der Waals surface area contributed by atoms with Crippen LogP contribution >= 0.6 is 0 Å². The van der Waals surface area contributed by atoms with Gasteiger partial charge in [-0.1, -0.05) is 41.1 Å². The smallest absolute Gasteiger partial charge is 0.254 e. The van der Waals surface area contributed by atoms with Gasteiger partial charge in [0.25, 0.3) is 11.8 Å². The van der Waals surface area contributed by atoms with Gasteiger partial charge in [-0.3, -0.25) is 9.59 Å². The molecule has 0 N–H and O–H groups in total. The van der Waals surface area contributed by atoms with Crippen LogP contribution in [0.1, 0.15) is 56.0 Å². The maximum atomic E-state index is 13.3. The number of carbonyl (C=O) groups is 2. The van der Waals surface area contributed by atoms with E-state index in [9.17, 15) is 9.59 Å². The Kier molecular flexibility index (Phi) is 5.84. The summed E-state index contributed by atoms with van der Waals surface area (Å²) in [5, 5.41) is 3.91. The summed E-state index contributed by atoms with van der Waals surface area (Å²) in [5.41, 5.74) is 3.36. The summed E-state index contributed by atoms with van der Waals surface area (Å²) >= 11 is 0. The van der Waals surface area contributed by atoms with Crippen molar-refractivity contribution in [3.05, 3.63) is 82.5 Å². The van der Waals surface area contributed by atoms with Gasteiger partial charge in [0, 0.05) is 30.8 Å². The lowest BCUT2D eigenvalue weighted by Crippen LogP contribution is -2.38. The van der Waals surface area contributed by atoms with Gasteiger partial charge in [-0.25, -0.2) is 0 Å². The van der Waals surface area contributed by atoms with E-state index < -0.39 is 0 Å². The number of hydrogen-bond donors (Lipinski definition) is 0. The van der Waals surface area contributed by atoms with Crippen LogP contribution in [-0.2, 0) is 0 Å². The minimum Gasteiger partial charge on any atom is -0.337 e. The summed E-state index contributed by atoms with van der Waals surface area (Å²) in [6.45, 7) is 7.04. The van der Waals surface area contributed by atoms with Crippen LogP contribution in [0.15, 0.2) is 53.1 Å². The van der Waals surface area contributed by atoms with E-state index in [1.165, 1.54) is 0 Å². The molecule has 1 atom stereocenters. The summed E-state index contributed by atoms with van der Waals surface area (Å²) in [5.74, 6) is 0.798. The molecule has 0 spiro atoms. The molecule has 0 saturated carbocycles. The lowest BCUT2D eigenvalue weighted by atomic mass is 10.0. The fourth-order valence-corrected chi connectivity index (χ4v) is 4.05. The highest BCUT2D eigenvalue weighted by atomic mass is 16.5. The molecular weight excluding hydrogens is 392 g/mol. The van der Waals surface area contributed by atoms with Crippen molar-refractivity contribution in [1.82, 2.24) is 19.9 Å². The summed E-state index contributed by atoms with van der Waals surface area (Å²) in [4.78, 5) is 34.5. The Morgan fingerprint density at radius 2 is 1.74 bits per heavy atom. The van der Waals surface area contributed by atoms with Gasteiger partial charge in [0.15, 0.2) is 5.82 Å². The Bertz CT molecular complexity index is 1090. The van der Waals surface area contributed by atoms with Gasteiger partial charge in [-0.05, 0) is 51.0 Å². The lowest BCUT2D eigenvalue weighted by Gasteiger charge is -2.27. The molecule has 1 saturated heterocycles. The molecule has 3 aromatic rings. The molecule has 2 aromatic carbocycles. The molecular formula is C24H26N4O3. The Hall–Kier alpha value is -3.48. The van der Waals surface area contributed by atoms with Crippen LogP contribution in [0.4, 0.5) is 0 Å². The van der Waals surface area contributed by atoms with E-state index in [0.29, 0.717) is 48.9 Å². The van der Waals surface area contributed by atoms with Crippen molar-refractivity contribution in [2.45, 2.75) is 33.2 Å². The normalized spacial score (nSPS) is 16.8. The average molecular weight is 418 g/mol. The zero-order valence-corrected chi connectivity index (χ0v) is 18.0. The third kappa shape index (κ3) is 4.35. The molecule has 1 aliphatic heterocycles. The molecule has 1 unspecified atom stereocenters. The van der Waals surface area contributed by atoms with Crippen LogP contribution < -0.4 is 0 Å². The third-order valence-corrected chi connectivity index (χ3v) is 5.67. The van der Waals surface area contributed by atoms with Crippen molar-refractivity contribution in [1.29, 1.82) is 0 Å². The van der Waals surface area contributed by atoms with Crippen LogP contribution in [0.25, 0.3) is 0 Å². The van der Waals surface area contributed by atoms with E-state index in [1.54, 1.807) is 24.0 Å². The first-order valence-electron chi connectivity index (χ1n) is 10.5. The molecule has 1 aromatic heterocycles. The van der Waals surface area contributed by atoms with E-state index >= 15 is 0 Å². The molecule has 4 rings (SSSR count). The van der Waals surface area contributed by atoms with Gasteiger partial charge in [0.05, 0.1) is 0 Å². The molecule has 1 fully saturated rings. The maximum Gasteiger partial charge on any atom is 0.254 e. The SMILES string of the molecule is Cc1ccc(C(=O)N2CCC(c3nc(C)no3)N(C(=O)c3ccccc3)CC2)c(C)c1. The van der Waals surface area contributed by atoms with E-state index in [2.05, 4.69) is 10.1 Å². The van der Waals surface area contributed by atoms with E-state index in [-0.39, 0.29) is 17.9 Å². The van der Waals surface area contributed by atoms with Gasteiger partial charge in [-0.2, -0.15) is 4.98 Å². The third-order valence-electron chi connectivity index (χ3n) is 5.67. The topological polar surface area (TPSA) is 79.5 Å². The minimum absolute atomic E-state index is 0.0213. The second-order valence-electron chi connectivity index (χ2n) is 7.96. The van der Waals surface area contributed by atoms with Crippen molar-refractivity contribution in [3.63, 3.8) is 0 Å². The predicted octanol–water partition coefficient (Wildman–Crippen LogP) is 3.72. The molecule has 0 radical (unpaired) electrons. The fourth-order valence-electron chi connectivity index (χ4n) is 4.05. The molecule has 160 valence electrons. The number of amides is 2. The van der Waals surface area contributed by atoms with Gasteiger partial charge >= 0.3 is 0 Å². The highest BCUT2D eigenvalue weighted by Crippen LogP contribution is 2.28. The highest BCUT2D eigenvalue weighted by Gasteiger charge is 2.34. The van der Waals surface area contributed by atoms with Crippen LogP contribution in [-0.4, -0.2) is 51.4 Å². The molecule has 7 nitrogen and oxygen atoms in total. The Labute approximate surface area is 181 Å². The van der Waals surface area contributed by atoms with E-state index in [4.69, 9.17) is 4.52 Å². The number of nitrogens with zero attached hydrogens (tertiary/aromatic N) is 4. The summed E-state index contributed by atoms with van der Waals surface area (Å²) in [6.07, 6.45) is 0.525. The molecule has 1 aliphatic rings. The molecule has 31 heavy (non-hydrogen) atoms. The van der Waals surface area contributed by atoms with Crippen molar-refractivity contribution in [2.75, 3.05) is 19.6 Å². The molecule has 2 amide bonds. The monoisotopic (exact) mass is 418 g/mol. The Balaban J connectivity index is 1.62. The van der Waals surface area contributed by atoms with Crippen molar-refractivity contribution in [2.24, 2.45) is 0 Å². The lowest BCUT2D eigenvalue weighted by molar-refractivity contribution is 0.0642. The predicted molar refractivity (Wildman–Crippen MR) is 116 cm³/mol. The first-order chi connectivity index (χ1) is 14.9. The van der Waals surface area contributed by atoms with Gasteiger partial charge < -0.3 is 14.3 Å².